The number of aromatic nitrogens is 2. The van der Waals surface area contributed by atoms with Gasteiger partial charge in [-0.05, 0) is 0 Å². The molecule has 1 heterocycles. The van der Waals surface area contributed by atoms with E-state index in [2.05, 4.69) is 15.3 Å². The Morgan fingerprint density at radius 2 is 2.06 bits per heavy atom. The smallest absolute Gasteiger partial charge is 0.222 e. The number of nitrogens with zero attached hydrogens (tertiary/aromatic N) is 2. The minimum Gasteiger partial charge on any atom is -0.390 e. The molecule has 0 saturated carbocycles. The standard InChI is InChI=1S/C8H12ClN3O3S/c1-16(14,15)5-7(13)4-12-8-10-2-6(9)3-11-8/h2-3,7,13H,4-5H2,1H3,(H,10,11,12). The number of halogens is 1. The topological polar surface area (TPSA) is 92.2 Å². The predicted octanol–water partition coefficient (Wildman–Crippen LogP) is -0.0526. The highest BCUT2D eigenvalue weighted by atomic mass is 35.5. The second kappa shape index (κ2) is 5.42. The number of aliphatic hydroxyl groups is 1. The van der Waals surface area contributed by atoms with Gasteiger partial charge in [0.2, 0.25) is 5.95 Å². The molecule has 1 aromatic rings. The molecule has 0 spiro atoms. The van der Waals surface area contributed by atoms with Crippen LogP contribution in [0.2, 0.25) is 5.02 Å². The first-order valence-corrected chi connectivity index (χ1v) is 6.88. The van der Waals surface area contributed by atoms with Crippen LogP contribution in [0, 0.1) is 0 Å². The number of rotatable bonds is 5. The molecule has 0 fully saturated rings. The number of hydrogen-bond acceptors (Lipinski definition) is 6. The lowest BCUT2D eigenvalue weighted by atomic mass is 10.4. The summed E-state index contributed by atoms with van der Waals surface area (Å²) in [6.45, 7) is 0.0642. The lowest BCUT2D eigenvalue weighted by Crippen LogP contribution is -2.28. The van der Waals surface area contributed by atoms with Gasteiger partial charge in [0.15, 0.2) is 0 Å². The summed E-state index contributed by atoms with van der Waals surface area (Å²) < 4.78 is 21.7. The van der Waals surface area contributed by atoms with Gasteiger partial charge in [-0.3, -0.25) is 0 Å². The monoisotopic (exact) mass is 265 g/mol. The number of aliphatic hydroxyl groups excluding tert-OH is 1. The van der Waals surface area contributed by atoms with Crippen LogP contribution in [-0.2, 0) is 9.84 Å². The first-order chi connectivity index (χ1) is 7.37. The highest BCUT2D eigenvalue weighted by Crippen LogP contribution is 2.05. The molecule has 1 atom stereocenters. The Kier molecular flexibility index (Phi) is 4.45. The largest absolute Gasteiger partial charge is 0.390 e. The maximum Gasteiger partial charge on any atom is 0.222 e. The second-order valence-corrected chi connectivity index (χ2v) is 5.97. The molecule has 16 heavy (non-hydrogen) atoms. The molecule has 0 bridgehead atoms. The third-order valence-electron chi connectivity index (χ3n) is 1.61. The van der Waals surface area contributed by atoms with Crippen LogP contribution < -0.4 is 5.32 Å². The third-order valence-corrected chi connectivity index (χ3v) is 2.80. The van der Waals surface area contributed by atoms with Gasteiger partial charge in [-0.2, -0.15) is 0 Å². The fraction of sp³-hybridized carbons (Fsp3) is 0.500. The summed E-state index contributed by atoms with van der Waals surface area (Å²) in [7, 11) is -3.19. The maximum absolute atomic E-state index is 10.9. The van der Waals surface area contributed by atoms with E-state index in [1.165, 1.54) is 12.4 Å². The number of anilines is 1. The van der Waals surface area contributed by atoms with Crippen LogP contribution in [0.3, 0.4) is 0 Å². The van der Waals surface area contributed by atoms with Crippen LogP contribution >= 0.6 is 11.6 Å². The number of sulfone groups is 1. The van der Waals surface area contributed by atoms with E-state index >= 15 is 0 Å². The van der Waals surface area contributed by atoms with Crippen molar-refractivity contribution in [1.82, 2.24) is 9.97 Å². The van der Waals surface area contributed by atoms with Crippen molar-refractivity contribution in [2.24, 2.45) is 0 Å². The second-order valence-electron chi connectivity index (χ2n) is 3.35. The van der Waals surface area contributed by atoms with Crippen molar-refractivity contribution < 1.29 is 13.5 Å². The molecule has 90 valence electrons. The Labute approximate surface area is 98.6 Å². The van der Waals surface area contributed by atoms with Crippen molar-refractivity contribution >= 4 is 27.4 Å². The summed E-state index contributed by atoms with van der Waals surface area (Å²) in [5.74, 6) is -0.00918. The zero-order valence-corrected chi connectivity index (χ0v) is 10.2. The maximum atomic E-state index is 10.9. The highest BCUT2D eigenvalue weighted by Gasteiger charge is 2.12. The van der Waals surface area contributed by atoms with Gasteiger partial charge in [0.05, 0.1) is 29.3 Å². The molecular weight excluding hydrogens is 254 g/mol. The fourth-order valence-corrected chi connectivity index (χ4v) is 1.94. The Balaban J connectivity index is 2.43. The van der Waals surface area contributed by atoms with Crippen LogP contribution in [0.1, 0.15) is 0 Å². The lowest BCUT2D eigenvalue weighted by Gasteiger charge is -2.10. The molecule has 1 unspecified atom stereocenters. The molecule has 0 aromatic carbocycles. The van der Waals surface area contributed by atoms with Gasteiger partial charge < -0.3 is 10.4 Å². The van der Waals surface area contributed by atoms with E-state index in [4.69, 9.17) is 11.6 Å². The van der Waals surface area contributed by atoms with Crippen molar-refractivity contribution in [3.8, 4) is 0 Å². The zero-order valence-electron chi connectivity index (χ0n) is 8.59. The molecule has 0 aliphatic heterocycles. The Morgan fingerprint density at radius 3 is 2.56 bits per heavy atom. The molecule has 0 aliphatic rings. The van der Waals surface area contributed by atoms with E-state index in [9.17, 15) is 13.5 Å². The minimum atomic E-state index is -3.19. The Bertz CT molecular complexity index is 434. The van der Waals surface area contributed by atoms with E-state index in [1.807, 2.05) is 0 Å². The van der Waals surface area contributed by atoms with E-state index in [-0.39, 0.29) is 18.2 Å². The van der Waals surface area contributed by atoms with E-state index in [0.717, 1.165) is 6.26 Å². The first kappa shape index (κ1) is 13.1. The lowest BCUT2D eigenvalue weighted by molar-refractivity contribution is 0.210. The molecule has 0 aliphatic carbocycles. The zero-order chi connectivity index (χ0) is 12.2. The van der Waals surface area contributed by atoms with Gasteiger partial charge in [-0.25, -0.2) is 18.4 Å². The minimum absolute atomic E-state index is 0.0642. The van der Waals surface area contributed by atoms with Crippen LogP contribution in [0.25, 0.3) is 0 Å². The molecule has 2 N–H and O–H groups in total. The van der Waals surface area contributed by atoms with Gasteiger partial charge >= 0.3 is 0 Å². The van der Waals surface area contributed by atoms with Gasteiger partial charge in [-0.1, -0.05) is 11.6 Å². The molecule has 8 heteroatoms. The van der Waals surface area contributed by atoms with Crippen LogP contribution in [0.5, 0.6) is 0 Å². The van der Waals surface area contributed by atoms with Crippen LogP contribution in [0.15, 0.2) is 12.4 Å². The van der Waals surface area contributed by atoms with E-state index in [0.29, 0.717) is 5.02 Å². The molecule has 1 aromatic heterocycles. The average molecular weight is 266 g/mol. The van der Waals surface area contributed by atoms with Gasteiger partial charge in [-0.15, -0.1) is 0 Å². The molecule has 1 rings (SSSR count). The van der Waals surface area contributed by atoms with Crippen molar-refractivity contribution in [3.63, 3.8) is 0 Å². The quantitative estimate of drug-likeness (QED) is 0.775. The highest BCUT2D eigenvalue weighted by molar-refractivity contribution is 7.90. The first-order valence-electron chi connectivity index (χ1n) is 4.44. The Morgan fingerprint density at radius 1 is 1.50 bits per heavy atom. The molecular formula is C8H12ClN3O3S. The van der Waals surface area contributed by atoms with Gasteiger partial charge in [0.25, 0.3) is 0 Å². The van der Waals surface area contributed by atoms with Crippen molar-refractivity contribution in [2.45, 2.75) is 6.10 Å². The molecule has 0 saturated heterocycles. The summed E-state index contributed by atoms with van der Waals surface area (Å²) in [5.41, 5.74) is 0. The van der Waals surface area contributed by atoms with Gasteiger partial charge in [0.1, 0.15) is 9.84 Å². The normalized spacial score (nSPS) is 13.4. The van der Waals surface area contributed by atoms with E-state index in [1.54, 1.807) is 0 Å². The predicted molar refractivity (Wildman–Crippen MR) is 61.2 cm³/mol. The summed E-state index contributed by atoms with van der Waals surface area (Å²) >= 11 is 5.58. The average Bonchev–Trinajstić information content (AvgIpc) is 2.14. The fourth-order valence-electron chi connectivity index (χ4n) is 1.02. The van der Waals surface area contributed by atoms with Crippen molar-refractivity contribution in [1.29, 1.82) is 0 Å². The molecule has 0 amide bonds. The van der Waals surface area contributed by atoms with Crippen LogP contribution in [0.4, 0.5) is 5.95 Å². The number of nitrogens with one attached hydrogen (secondary N) is 1. The summed E-state index contributed by atoms with van der Waals surface area (Å²) in [5, 5.41) is 12.5. The number of hydrogen-bond donors (Lipinski definition) is 2. The summed E-state index contributed by atoms with van der Waals surface area (Å²) in [6, 6.07) is 0. The molecule has 6 nitrogen and oxygen atoms in total. The molecule has 0 radical (unpaired) electrons. The SMILES string of the molecule is CS(=O)(=O)CC(O)CNc1ncc(Cl)cn1. The van der Waals surface area contributed by atoms with Crippen LogP contribution in [-0.4, -0.2) is 48.1 Å². The summed E-state index contributed by atoms with van der Waals surface area (Å²) in [6.07, 6.45) is 2.88. The van der Waals surface area contributed by atoms with Gasteiger partial charge in [0, 0.05) is 12.8 Å². The van der Waals surface area contributed by atoms with Crippen molar-refractivity contribution in [2.75, 3.05) is 23.9 Å². The summed E-state index contributed by atoms with van der Waals surface area (Å²) in [4.78, 5) is 7.66. The Hall–Kier alpha value is -0.920. The van der Waals surface area contributed by atoms with Crippen molar-refractivity contribution in [3.05, 3.63) is 17.4 Å². The third kappa shape index (κ3) is 5.24. The van der Waals surface area contributed by atoms with E-state index < -0.39 is 15.9 Å².